The molecular weight excluding hydrogens is 184 g/mol. The second kappa shape index (κ2) is 3.25. The summed E-state index contributed by atoms with van der Waals surface area (Å²) in [6.07, 6.45) is 3.95. The minimum atomic E-state index is -0.461. The van der Waals surface area contributed by atoms with E-state index in [9.17, 15) is 9.59 Å². The molecule has 0 atom stereocenters. The predicted octanol–water partition coefficient (Wildman–Crippen LogP) is 0.367. The lowest BCUT2D eigenvalue weighted by Crippen LogP contribution is -2.24. The van der Waals surface area contributed by atoms with Crippen LogP contribution in [0.3, 0.4) is 0 Å². The number of imidazole rings is 1. The van der Waals surface area contributed by atoms with Crippen LogP contribution in [0.25, 0.3) is 0 Å². The summed E-state index contributed by atoms with van der Waals surface area (Å²) < 4.78 is 6.22. The zero-order valence-electron chi connectivity index (χ0n) is 7.77. The van der Waals surface area contributed by atoms with Gasteiger partial charge < -0.3 is 9.30 Å². The Labute approximate surface area is 80.7 Å². The van der Waals surface area contributed by atoms with Crippen LogP contribution in [-0.2, 0) is 21.4 Å². The van der Waals surface area contributed by atoms with Crippen molar-refractivity contribution >= 4 is 11.9 Å². The van der Waals surface area contributed by atoms with E-state index in [4.69, 9.17) is 0 Å². The molecule has 0 bridgehead atoms. The molecule has 0 aromatic carbocycles. The normalized spacial score (nSPS) is 18.4. The highest BCUT2D eigenvalue weighted by molar-refractivity contribution is 5.89. The molecule has 2 heterocycles. The second-order valence-electron chi connectivity index (χ2n) is 3.42. The Kier molecular flexibility index (Phi) is 2.07. The lowest BCUT2D eigenvalue weighted by Gasteiger charge is -2.17. The van der Waals surface area contributed by atoms with Crippen LogP contribution in [0.4, 0.5) is 0 Å². The minimum Gasteiger partial charge on any atom is -0.393 e. The molecule has 74 valence electrons. The van der Waals surface area contributed by atoms with Gasteiger partial charge in [-0.05, 0) is 0 Å². The van der Waals surface area contributed by atoms with Crippen molar-refractivity contribution in [1.82, 2.24) is 9.55 Å². The Morgan fingerprint density at radius 3 is 2.57 bits per heavy atom. The number of cyclic esters (lactones) is 2. The van der Waals surface area contributed by atoms with Gasteiger partial charge >= 0.3 is 11.9 Å². The van der Waals surface area contributed by atoms with Crippen molar-refractivity contribution in [3.63, 3.8) is 0 Å². The first-order valence-corrected chi connectivity index (χ1v) is 4.36. The van der Waals surface area contributed by atoms with Gasteiger partial charge in [0, 0.05) is 19.2 Å². The topological polar surface area (TPSA) is 61.2 Å². The molecule has 0 amide bonds. The first-order valence-electron chi connectivity index (χ1n) is 4.36. The quantitative estimate of drug-likeness (QED) is 0.478. The number of carbonyl (C=O) groups is 2. The molecule has 0 saturated carbocycles. The fourth-order valence-electron chi connectivity index (χ4n) is 1.54. The summed E-state index contributed by atoms with van der Waals surface area (Å²) in [5.41, 5.74) is 0.775. The van der Waals surface area contributed by atoms with Gasteiger partial charge in [0.15, 0.2) is 0 Å². The van der Waals surface area contributed by atoms with Gasteiger partial charge in [0.05, 0.1) is 24.9 Å². The van der Waals surface area contributed by atoms with Crippen LogP contribution in [0.5, 0.6) is 0 Å². The summed E-state index contributed by atoms with van der Waals surface area (Å²) in [5.74, 6) is -1.04. The van der Waals surface area contributed by atoms with Crippen molar-refractivity contribution in [2.75, 3.05) is 0 Å². The lowest BCUT2D eigenvalue weighted by molar-refractivity contribution is -0.164. The van der Waals surface area contributed by atoms with E-state index in [0.717, 1.165) is 5.69 Å². The van der Waals surface area contributed by atoms with Gasteiger partial charge in [-0.1, -0.05) is 0 Å². The molecule has 1 aliphatic heterocycles. The Bertz CT molecular complexity index is 367. The molecule has 0 unspecified atom stereocenters. The Balaban J connectivity index is 2.18. The molecule has 0 aliphatic carbocycles. The molecule has 2 rings (SSSR count). The number of nitrogens with zero attached hydrogens (tertiary/aromatic N) is 2. The highest BCUT2D eigenvalue weighted by Crippen LogP contribution is 2.26. The molecule has 14 heavy (non-hydrogen) atoms. The molecule has 1 aromatic rings. The summed E-state index contributed by atoms with van der Waals surface area (Å²) in [5, 5.41) is 0. The summed E-state index contributed by atoms with van der Waals surface area (Å²) in [6, 6.07) is 0. The highest BCUT2D eigenvalue weighted by atomic mass is 16.6. The number of carbonyl (C=O) groups excluding carboxylic acids is 2. The van der Waals surface area contributed by atoms with Crippen LogP contribution < -0.4 is 0 Å². The zero-order chi connectivity index (χ0) is 10.1. The second-order valence-corrected chi connectivity index (χ2v) is 3.42. The van der Waals surface area contributed by atoms with E-state index in [0.29, 0.717) is 0 Å². The minimum absolute atomic E-state index is 0.120. The van der Waals surface area contributed by atoms with Crippen molar-refractivity contribution in [2.24, 2.45) is 7.05 Å². The van der Waals surface area contributed by atoms with Crippen molar-refractivity contribution in [3.05, 3.63) is 18.2 Å². The molecule has 0 radical (unpaired) electrons. The van der Waals surface area contributed by atoms with Crippen molar-refractivity contribution < 1.29 is 14.3 Å². The molecule has 0 N–H and O–H groups in total. The van der Waals surface area contributed by atoms with Crippen LogP contribution in [0.2, 0.25) is 0 Å². The van der Waals surface area contributed by atoms with Gasteiger partial charge in [0.1, 0.15) is 0 Å². The molecule has 1 aliphatic rings. The van der Waals surface area contributed by atoms with E-state index in [1.54, 1.807) is 10.9 Å². The van der Waals surface area contributed by atoms with E-state index in [1.807, 2.05) is 13.2 Å². The highest BCUT2D eigenvalue weighted by Gasteiger charge is 2.29. The SMILES string of the molecule is Cn1cnc(C2CC(=O)OC(=O)C2)c1. The van der Waals surface area contributed by atoms with Crippen LogP contribution in [-0.4, -0.2) is 21.5 Å². The summed E-state index contributed by atoms with van der Waals surface area (Å²) in [4.78, 5) is 26.1. The van der Waals surface area contributed by atoms with Gasteiger partial charge in [0.2, 0.25) is 0 Å². The maximum atomic E-state index is 11.0. The average Bonchev–Trinajstić information content (AvgIpc) is 2.50. The fourth-order valence-corrected chi connectivity index (χ4v) is 1.54. The number of aromatic nitrogens is 2. The lowest BCUT2D eigenvalue weighted by atomic mass is 9.96. The van der Waals surface area contributed by atoms with E-state index in [1.165, 1.54) is 0 Å². The first kappa shape index (κ1) is 8.93. The Hall–Kier alpha value is -1.65. The van der Waals surface area contributed by atoms with Gasteiger partial charge in [-0.25, -0.2) is 4.98 Å². The molecular formula is C9H10N2O3. The first-order chi connectivity index (χ1) is 6.65. The maximum Gasteiger partial charge on any atom is 0.314 e. The van der Waals surface area contributed by atoms with Crippen molar-refractivity contribution in [3.8, 4) is 0 Å². The molecule has 1 fully saturated rings. The van der Waals surface area contributed by atoms with E-state index < -0.39 is 11.9 Å². The third-order valence-corrected chi connectivity index (χ3v) is 2.20. The van der Waals surface area contributed by atoms with E-state index >= 15 is 0 Å². The van der Waals surface area contributed by atoms with Gasteiger partial charge in [-0.2, -0.15) is 0 Å². The van der Waals surface area contributed by atoms with E-state index in [2.05, 4.69) is 9.72 Å². The number of hydrogen-bond acceptors (Lipinski definition) is 4. The summed E-state index contributed by atoms with van der Waals surface area (Å²) in [7, 11) is 1.85. The van der Waals surface area contributed by atoms with Gasteiger partial charge in [-0.15, -0.1) is 0 Å². The maximum absolute atomic E-state index is 11.0. The molecule has 0 spiro atoms. The fraction of sp³-hybridized carbons (Fsp3) is 0.444. The smallest absolute Gasteiger partial charge is 0.314 e. The molecule has 1 saturated heterocycles. The molecule has 5 heteroatoms. The van der Waals surface area contributed by atoms with Crippen LogP contribution in [0.15, 0.2) is 12.5 Å². The van der Waals surface area contributed by atoms with Crippen molar-refractivity contribution in [1.29, 1.82) is 0 Å². The molecule has 5 nitrogen and oxygen atoms in total. The summed E-state index contributed by atoms with van der Waals surface area (Å²) in [6.45, 7) is 0. The third-order valence-electron chi connectivity index (χ3n) is 2.20. The van der Waals surface area contributed by atoms with Crippen LogP contribution in [0, 0.1) is 0 Å². The number of hydrogen-bond donors (Lipinski definition) is 0. The van der Waals surface area contributed by atoms with E-state index in [-0.39, 0.29) is 18.8 Å². The van der Waals surface area contributed by atoms with Crippen LogP contribution in [0.1, 0.15) is 24.5 Å². The largest absolute Gasteiger partial charge is 0.393 e. The number of ether oxygens (including phenoxy) is 1. The van der Waals surface area contributed by atoms with Gasteiger partial charge in [0.25, 0.3) is 0 Å². The third kappa shape index (κ3) is 1.66. The monoisotopic (exact) mass is 194 g/mol. The Morgan fingerprint density at radius 1 is 1.43 bits per heavy atom. The average molecular weight is 194 g/mol. The number of aryl methyl sites for hydroxylation is 1. The van der Waals surface area contributed by atoms with Crippen molar-refractivity contribution in [2.45, 2.75) is 18.8 Å². The molecule has 1 aromatic heterocycles. The predicted molar refractivity (Wildman–Crippen MR) is 46.3 cm³/mol. The Morgan fingerprint density at radius 2 is 2.07 bits per heavy atom. The van der Waals surface area contributed by atoms with Crippen LogP contribution >= 0.6 is 0 Å². The number of esters is 2. The zero-order valence-corrected chi connectivity index (χ0v) is 7.77. The van der Waals surface area contributed by atoms with Gasteiger partial charge in [-0.3, -0.25) is 9.59 Å². The standard InChI is InChI=1S/C9H10N2O3/c1-11-4-7(10-5-11)6-2-8(12)14-9(13)3-6/h4-6H,2-3H2,1H3. The number of rotatable bonds is 1. The summed E-state index contributed by atoms with van der Waals surface area (Å²) >= 11 is 0.